The van der Waals surface area contributed by atoms with Crippen molar-refractivity contribution in [2.24, 2.45) is 0 Å². The number of nitrogens with one attached hydrogen (secondary N) is 1. The van der Waals surface area contributed by atoms with Gasteiger partial charge in [-0.15, -0.1) is 0 Å². The topological polar surface area (TPSA) is 110 Å². The van der Waals surface area contributed by atoms with E-state index in [9.17, 15) is 23.3 Å². The van der Waals surface area contributed by atoms with E-state index in [1.165, 1.54) is 12.1 Å². The first kappa shape index (κ1) is 19.8. The van der Waals surface area contributed by atoms with Gasteiger partial charge in [-0.25, -0.2) is 8.42 Å². The summed E-state index contributed by atoms with van der Waals surface area (Å²) in [5.41, 5.74) is 1.95. The van der Waals surface area contributed by atoms with Crippen molar-refractivity contribution in [2.45, 2.75) is 37.5 Å². The molecule has 2 aromatic rings. The lowest BCUT2D eigenvalue weighted by molar-refractivity contribution is -0.384. The quantitative estimate of drug-likeness (QED) is 0.562. The highest BCUT2D eigenvalue weighted by molar-refractivity contribution is 7.92. The van der Waals surface area contributed by atoms with Crippen molar-refractivity contribution in [3.05, 3.63) is 58.1 Å². The van der Waals surface area contributed by atoms with Crippen molar-refractivity contribution < 1.29 is 18.1 Å². The second-order valence-electron chi connectivity index (χ2n) is 6.60. The van der Waals surface area contributed by atoms with Gasteiger partial charge < -0.3 is 4.90 Å². The number of sulfonamides is 1. The molecule has 0 spiro atoms. The number of amides is 1. The van der Waals surface area contributed by atoms with Crippen molar-refractivity contribution in [3.8, 4) is 0 Å². The fraction of sp³-hybridized carbons (Fsp3) is 0.316. The lowest BCUT2D eigenvalue weighted by Gasteiger charge is -2.29. The smallest absolute Gasteiger partial charge is 0.269 e. The highest BCUT2D eigenvalue weighted by Crippen LogP contribution is 2.31. The standard InChI is InChI=1S/C19H21N3O5S/c1-2-3-12-21-18-10-5-15(13-14(18)4-11-19(21)23)20-28(26,27)17-8-6-16(7-9-17)22(24)25/h5-10,13,20H,2-4,11-12H2,1H3. The number of fused-ring (bicyclic) bond motifs is 1. The number of unbranched alkanes of at least 4 members (excludes halogenated alkanes) is 1. The average molecular weight is 403 g/mol. The van der Waals surface area contributed by atoms with Gasteiger partial charge in [0.1, 0.15) is 0 Å². The number of anilines is 2. The molecule has 0 aromatic heterocycles. The van der Waals surface area contributed by atoms with E-state index in [1.54, 1.807) is 23.1 Å². The molecular weight excluding hydrogens is 382 g/mol. The van der Waals surface area contributed by atoms with E-state index < -0.39 is 14.9 Å². The van der Waals surface area contributed by atoms with Crippen LogP contribution in [0.3, 0.4) is 0 Å². The second-order valence-corrected chi connectivity index (χ2v) is 8.28. The van der Waals surface area contributed by atoms with E-state index in [0.717, 1.165) is 36.2 Å². The zero-order valence-corrected chi connectivity index (χ0v) is 16.2. The first-order valence-corrected chi connectivity index (χ1v) is 10.5. The second kappa shape index (κ2) is 7.97. The Kier molecular flexibility index (Phi) is 5.64. The maximum Gasteiger partial charge on any atom is 0.269 e. The Balaban J connectivity index is 1.83. The van der Waals surface area contributed by atoms with Gasteiger partial charge in [-0.3, -0.25) is 19.6 Å². The van der Waals surface area contributed by atoms with Crippen LogP contribution in [-0.4, -0.2) is 25.8 Å². The number of hydrogen-bond donors (Lipinski definition) is 1. The number of carbonyl (C=O) groups is 1. The lowest BCUT2D eigenvalue weighted by Crippen LogP contribution is -2.35. The zero-order chi connectivity index (χ0) is 20.3. The van der Waals surface area contributed by atoms with Gasteiger partial charge in [0.25, 0.3) is 15.7 Å². The molecule has 9 heteroatoms. The maximum absolute atomic E-state index is 12.6. The molecule has 3 rings (SSSR count). The van der Waals surface area contributed by atoms with Gasteiger partial charge in [0.05, 0.1) is 9.82 Å². The molecule has 1 aliphatic rings. The number of nitro benzene ring substituents is 1. The zero-order valence-electron chi connectivity index (χ0n) is 15.4. The fourth-order valence-electron chi connectivity index (χ4n) is 3.15. The number of carbonyl (C=O) groups excluding carboxylic acids is 1. The van der Waals surface area contributed by atoms with Crippen LogP contribution < -0.4 is 9.62 Å². The molecule has 2 aromatic carbocycles. The molecule has 0 bridgehead atoms. The third-order valence-corrected chi connectivity index (χ3v) is 6.02. The number of hydrogen-bond acceptors (Lipinski definition) is 5. The van der Waals surface area contributed by atoms with Gasteiger partial charge in [0.15, 0.2) is 0 Å². The van der Waals surface area contributed by atoms with Crippen molar-refractivity contribution in [1.82, 2.24) is 0 Å². The van der Waals surface area contributed by atoms with E-state index in [4.69, 9.17) is 0 Å². The minimum atomic E-state index is -3.87. The minimum Gasteiger partial charge on any atom is -0.312 e. The summed E-state index contributed by atoms with van der Waals surface area (Å²) in [6.45, 7) is 2.71. The van der Waals surface area contributed by atoms with Gasteiger partial charge in [0, 0.05) is 36.5 Å². The van der Waals surface area contributed by atoms with Gasteiger partial charge in [-0.2, -0.15) is 0 Å². The van der Waals surface area contributed by atoms with E-state index in [2.05, 4.69) is 11.6 Å². The predicted molar refractivity (Wildman–Crippen MR) is 106 cm³/mol. The van der Waals surface area contributed by atoms with Crippen LogP contribution in [0.2, 0.25) is 0 Å². The van der Waals surface area contributed by atoms with Crippen LogP contribution in [0.25, 0.3) is 0 Å². The lowest BCUT2D eigenvalue weighted by atomic mass is 10.00. The highest BCUT2D eigenvalue weighted by atomic mass is 32.2. The number of aryl methyl sites for hydroxylation is 1. The Labute approximate surface area is 163 Å². The molecular formula is C19H21N3O5S. The van der Waals surface area contributed by atoms with Crippen LogP contribution in [-0.2, 0) is 21.2 Å². The number of benzene rings is 2. The minimum absolute atomic E-state index is 0.0597. The summed E-state index contributed by atoms with van der Waals surface area (Å²) in [5.74, 6) is 0.0835. The van der Waals surface area contributed by atoms with E-state index in [0.29, 0.717) is 25.1 Å². The first-order valence-electron chi connectivity index (χ1n) is 9.02. The molecule has 1 heterocycles. The average Bonchev–Trinajstić information content (AvgIpc) is 2.67. The summed E-state index contributed by atoms with van der Waals surface area (Å²) in [6.07, 6.45) is 2.84. The molecule has 8 nitrogen and oxygen atoms in total. The molecule has 0 radical (unpaired) electrons. The summed E-state index contributed by atoms with van der Waals surface area (Å²) in [6, 6.07) is 9.82. The Morgan fingerprint density at radius 1 is 1.14 bits per heavy atom. The molecule has 1 N–H and O–H groups in total. The molecule has 1 amide bonds. The molecule has 0 fully saturated rings. The molecule has 1 aliphatic heterocycles. The number of rotatable bonds is 7. The van der Waals surface area contributed by atoms with E-state index in [-0.39, 0.29) is 16.5 Å². The third-order valence-electron chi connectivity index (χ3n) is 4.62. The Hall–Kier alpha value is -2.94. The summed E-state index contributed by atoms with van der Waals surface area (Å²) >= 11 is 0. The van der Waals surface area contributed by atoms with Gasteiger partial charge in [-0.05, 0) is 48.7 Å². The van der Waals surface area contributed by atoms with Crippen LogP contribution in [0, 0.1) is 10.1 Å². The van der Waals surface area contributed by atoms with Crippen LogP contribution in [0.15, 0.2) is 47.4 Å². The van der Waals surface area contributed by atoms with Gasteiger partial charge in [-0.1, -0.05) is 13.3 Å². The van der Waals surface area contributed by atoms with Gasteiger partial charge >= 0.3 is 0 Å². The van der Waals surface area contributed by atoms with E-state index in [1.807, 2.05) is 0 Å². The van der Waals surface area contributed by atoms with Crippen molar-refractivity contribution >= 4 is 33.0 Å². The van der Waals surface area contributed by atoms with Gasteiger partial charge in [0.2, 0.25) is 5.91 Å². The monoisotopic (exact) mass is 403 g/mol. The number of nitro groups is 1. The summed E-state index contributed by atoms with van der Waals surface area (Å²) in [7, 11) is -3.87. The van der Waals surface area contributed by atoms with Crippen LogP contribution in [0.1, 0.15) is 31.7 Å². The summed E-state index contributed by atoms with van der Waals surface area (Å²) in [4.78, 5) is 24.0. The Morgan fingerprint density at radius 3 is 2.50 bits per heavy atom. The van der Waals surface area contributed by atoms with E-state index >= 15 is 0 Å². The molecule has 0 unspecified atom stereocenters. The largest absolute Gasteiger partial charge is 0.312 e. The summed E-state index contributed by atoms with van der Waals surface area (Å²) in [5, 5.41) is 10.7. The van der Waals surface area contributed by atoms with Crippen LogP contribution in [0.4, 0.5) is 17.1 Å². The Bertz CT molecular complexity index is 1000. The highest BCUT2D eigenvalue weighted by Gasteiger charge is 2.24. The number of nitrogens with zero attached hydrogens (tertiary/aromatic N) is 2. The molecule has 148 valence electrons. The molecule has 0 saturated carbocycles. The molecule has 0 saturated heterocycles. The molecule has 0 aliphatic carbocycles. The Morgan fingerprint density at radius 2 is 1.86 bits per heavy atom. The van der Waals surface area contributed by atoms with Crippen LogP contribution >= 0.6 is 0 Å². The molecule has 0 atom stereocenters. The van der Waals surface area contributed by atoms with Crippen molar-refractivity contribution in [3.63, 3.8) is 0 Å². The first-order chi connectivity index (χ1) is 13.3. The maximum atomic E-state index is 12.6. The van der Waals surface area contributed by atoms with Crippen molar-refractivity contribution in [1.29, 1.82) is 0 Å². The number of non-ortho nitro benzene ring substituents is 1. The van der Waals surface area contributed by atoms with Crippen LogP contribution in [0.5, 0.6) is 0 Å². The normalized spacial score (nSPS) is 13.9. The molecule has 28 heavy (non-hydrogen) atoms. The van der Waals surface area contributed by atoms with Crippen molar-refractivity contribution in [2.75, 3.05) is 16.2 Å². The predicted octanol–water partition coefficient (Wildman–Crippen LogP) is 3.47. The third kappa shape index (κ3) is 4.14. The SMILES string of the molecule is CCCCN1C(=O)CCc2cc(NS(=O)(=O)c3ccc([N+](=O)[O-])cc3)ccc21. The fourth-order valence-corrected chi connectivity index (χ4v) is 4.20. The summed E-state index contributed by atoms with van der Waals surface area (Å²) < 4.78 is 27.6.